The van der Waals surface area contributed by atoms with E-state index in [4.69, 9.17) is 9.97 Å². The molecule has 278 valence electrons. The van der Waals surface area contributed by atoms with Gasteiger partial charge in [0.05, 0.1) is 27.7 Å². The first-order valence-corrected chi connectivity index (χ1v) is 20.7. The Hall–Kier alpha value is -7.88. The number of aromatic nitrogens is 3. The van der Waals surface area contributed by atoms with Crippen LogP contribution in [-0.4, -0.2) is 14.5 Å². The Balaban J connectivity index is 0.972. The molecular formula is C57H35N3. The van der Waals surface area contributed by atoms with Crippen LogP contribution in [0.1, 0.15) is 22.3 Å². The van der Waals surface area contributed by atoms with Crippen LogP contribution >= 0.6 is 0 Å². The molecule has 11 aromatic rings. The lowest BCUT2D eigenvalue weighted by molar-refractivity contribution is 0.794. The highest BCUT2D eigenvalue weighted by molar-refractivity contribution is 6.19. The summed E-state index contributed by atoms with van der Waals surface area (Å²) in [5.74, 6) is 0.930. The van der Waals surface area contributed by atoms with Crippen molar-refractivity contribution in [1.29, 1.82) is 0 Å². The van der Waals surface area contributed by atoms with Crippen molar-refractivity contribution < 1.29 is 0 Å². The van der Waals surface area contributed by atoms with Gasteiger partial charge in [-0.1, -0.05) is 182 Å². The Kier molecular flexibility index (Phi) is 6.93. The number of pyridine rings is 1. The second-order valence-electron chi connectivity index (χ2n) is 16.0. The van der Waals surface area contributed by atoms with E-state index in [1.807, 2.05) is 6.07 Å². The second kappa shape index (κ2) is 12.6. The SMILES string of the molecule is c1ccc(-n2c(-c3ccc(-c4ccc(-c5nc6ccccc6c6ccc7c(c56)-c5ccccc5C75c6ccccc6-c6ccccc65)cc4)cc3)nc3ccccc32)cc1. The maximum absolute atomic E-state index is 5.52. The summed E-state index contributed by atoms with van der Waals surface area (Å²) in [7, 11) is 0. The van der Waals surface area contributed by atoms with Crippen LogP contribution in [0.4, 0.5) is 0 Å². The Morgan fingerprint density at radius 1 is 0.350 bits per heavy atom. The molecule has 0 amide bonds. The van der Waals surface area contributed by atoms with E-state index in [0.717, 1.165) is 56.0 Å². The van der Waals surface area contributed by atoms with E-state index >= 15 is 0 Å². The fraction of sp³-hybridized carbons (Fsp3) is 0.0175. The molecule has 2 aliphatic carbocycles. The minimum atomic E-state index is -0.419. The van der Waals surface area contributed by atoms with Gasteiger partial charge < -0.3 is 0 Å². The molecule has 0 bridgehead atoms. The van der Waals surface area contributed by atoms with Crippen LogP contribution < -0.4 is 0 Å². The van der Waals surface area contributed by atoms with E-state index in [9.17, 15) is 0 Å². The number of rotatable bonds is 4. The second-order valence-corrected chi connectivity index (χ2v) is 16.0. The van der Waals surface area contributed by atoms with E-state index in [0.29, 0.717) is 0 Å². The van der Waals surface area contributed by atoms with E-state index in [1.54, 1.807) is 0 Å². The first-order valence-electron chi connectivity index (χ1n) is 20.7. The zero-order valence-electron chi connectivity index (χ0n) is 32.5. The smallest absolute Gasteiger partial charge is 0.145 e. The van der Waals surface area contributed by atoms with Gasteiger partial charge in [0.2, 0.25) is 0 Å². The lowest BCUT2D eigenvalue weighted by Gasteiger charge is -2.30. The molecule has 13 rings (SSSR count). The summed E-state index contributed by atoms with van der Waals surface area (Å²) < 4.78 is 2.25. The molecule has 0 fully saturated rings. The minimum absolute atomic E-state index is 0.419. The zero-order chi connectivity index (χ0) is 39.4. The van der Waals surface area contributed by atoms with Gasteiger partial charge >= 0.3 is 0 Å². The summed E-state index contributed by atoms with van der Waals surface area (Å²) in [4.78, 5) is 10.6. The maximum atomic E-state index is 5.52. The fourth-order valence-electron chi connectivity index (χ4n) is 10.5. The molecule has 0 atom stereocenters. The largest absolute Gasteiger partial charge is 0.292 e. The Morgan fingerprint density at radius 2 is 0.883 bits per heavy atom. The molecule has 2 aliphatic rings. The molecule has 3 nitrogen and oxygen atoms in total. The normalized spacial score (nSPS) is 13.1. The van der Waals surface area contributed by atoms with Gasteiger partial charge in [-0.05, 0) is 91.4 Å². The molecule has 1 spiro atoms. The molecule has 0 unspecified atom stereocenters. The average Bonchev–Trinajstić information content (AvgIpc) is 3.96. The maximum Gasteiger partial charge on any atom is 0.145 e. The van der Waals surface area contributed by atoms with Crippen LogP contribution in [0.25, 0.3) is 94.4 Å². The number of hydrogen-bond donors (Lipinski definition) is 0. The number of nitrogens with zero attached hydrogens (tertiary/aromatic N) is 3. The molecule has 0 N–H and O–H groups in total. The van der Waals surface area contributed by atoms with Gasteiger partial charge in [0.1, 0.15) is 5.82 Å². The predicted molar refractivity (Wildman–Crippen MR) is 246 cm³/mol. The number of imidazole rings is 1. The van der Waals surface area contributed by atoms with Crippen LogP contribution in [0.2, 0.25) is 0 Å². The lowest BCUT2D eigenvalue weighted by atomic mass is 9.70. The molecule has 0 saturated heterocycles. The van der Waals surface area contributed by atoms with Crippen LogP contribution in [0.5, 0.6) is 0 Å². The molecule has 2 aromatic heterocycles. The van der Waals surface area contributed by atoms with Crippen molar-refractivity contribution in [3.05, 3.63) is 235 Å². The van der Waals surface area contributed by atoms with Gasteiger partial charge in [-0.2, -0.15) is 0 Å². The Labute approximate surface area is 347 Å². The third-order valence-corrected chi connectivity index (χ3v) is 13.0. The van der Waals surface area contributed by atoms with Gasteiger partial charge in [0.15, 0.2) is 0 Å². The summed E-state index contributed by atoms with van der Waals surface area (Å²) in [5, 5.41) is 3.60. The van der Waals surface area contributed by atoms with E-state index in [1.165, 1.54) is 60.7 Å². The van der Waals surface area contributed by atoms with E-state index in [2.05, 4.69) is 211 Å². The monoisotopic (exact) mass is 761 g/mol. The number of fused-ring (bicyclic) bond motifs is 15. The highest BCUT2D eigenvalue weighted by atomic mass is 15.1. The molecular weight excluding hydrogens is 727 g/mol. The Bertz CT molecular complexity index is 3480. The molecule has 3 heteroatoms. The summed E-state index contributed by atoms with van der Waals surface area (Å²) in [6.07, 6.45) is 0. The van der Waals surface area contributed by atoms with Crippen LogP contribution in [-0.2, 0) is 5.41 Å². The van der Waals surface area contributed by atoms with Crippen molar-refractivity contribution in [3.8, 4) is 61.7 Å². The molecule has 0 radical (unpaired) electrons. The molecule has 2 heterocycles. The lowest BCUT2D eigenvalue weighted by Crippen LogP contribution is -2.25. The topological polar surface area (TPSA) is 30.7 Å². The van der Waals surface area contributed by atoms with Crippen LogP contribution in [0.15, 0.2) is 212 Å². The summed E-state index contributed by atoms with van der Waals surface area (Å²) in [6, 6.07) is 77.1. The van der Waals surface area contributed by atoms with Crippen LogP contribution in [0, 0.1) is 0 Å². The summed E-state index contributed by atoms with van der Waals surface area (Å²) in [5.41, 5.74) is 19.8. The quantitative estimate of drug-likeness (QED) is 0.167. The van der Waals surface area contributed by atoms with Crippen molar-refractivity contribution in [2.24, 2.45) is 0 Å². The van der Waals surface area contributed by atoms with Crippen molar-refractivity contribution in [2.45, 2.75) is 5.41 Å². The predicted octanol–water partition coefficient (Wildman–Crippen LogP) is 14.1. The third kappa shape index (κ3) is 4.49. The minimum Gasteiger partial charge on any atom is -0.292 e. The fourth-order valence-corrected chi connectivity index (χ4v) is 10.5. The van der Waals surface area contributed by atoms with Crippen molar-refractivity contribution >= 4 is 32.7 Å². The van der Waals surface area contributed by atoms with E-state index < -0.39 is 5.41 Å². The van der Waals surface area contributed by atoms with Gasteiger partial charge in [0.25, 0.3) is 0 Å². The number of para-hydroxylation sites is 4. The van der Waals surface area contributed by atoms with Crippen molar-refractivity contribution in [2.75, 3.05) is 0 Å². The summed E-state index contributed by atoms with van der Waals surface area (Å²) >= 11 is 0. The Morgan fingerprint density at radius 3 is 1.58 bits per heavy atom. The molecule has 0 aliphatic heterocycles. The van der Waals surface area contributed by atoms with Crippen molar-refractivity contribution in [3.63, 3.8) is 0 Å². The third-order valence-electron chi connectivity index (χ3n) is 13.0. The van der Waals surface area contributed by atoms with E-state index in [-0.39, 0.29) is 0 Å². The highest BCUT2D eigenvalue weighted by Gasteiger charge is 2.52. The summed E-state index contributed by atoms with van der Waals surface area (Å²) in [6.45, 7) is 0. The average molecular weight is 762 g/mol. The van der Waals surface area contributed by atoms with Gasteiger partial charge in [-0.15, -0.1) is 0 Å². The van der Waals surface area contributed by atoms with Gasteiger partial charge in [-0.25, -0.2) is 9.97 Å². The van der Waals surface area contributed by atoms with Crippen LogP contribution in [0.3, 0.4) is 0 Å². The van der Waals surface area contributed by atoms with Gasteiger partial charge in [-0.3, -0.25) is 4.57 Å². The zero-order valence-corrected chi connectivity index (χ0v) is 32.5. The first kappa shape index (κ1) is 33.1. The highest BCUT2D eigenvalue weighted by Crippen LogP contribution is 2.64. The van der Waals surface area contributed by atoms with Crippen molar-refractivity contribution in [1.82, 2.24) is 14.5 Å². The first-order chi connectivity index (χ1) is 29.8. The van der Waals surface area contributed by atoms with Gasteiger partial charge in [0, 0.05) is 27.6 Å². The standard InChI is InChI=1S/C57H35N3/c1-2-14-40(15-3-1)60-52-25-13-12-24-51(52)59-56(60)39-32-28-37(29-33-39)36-26-30-38(31-27-36)55-54-44(43-18-7-11-23-50(43)58-55)34-35-49-53(54)45-19-6-10-22-48(45)57(49)46-20-8-4-16-41(46)42-17-5-9-21-47(42)57/h1-35H. The molecule has 9 aromatic carbocycles. The number of benzene rings is 9. The molecule has 0 saturated carbocycles. The number of hydrogen-bond acceptors (Lipinski definition) is 2. The molecule has 60 heavy (non-hydrogen) atoms.